The average molecular weight is 234 g/mol. The van der Waals surface area contributed by atoms with E-state index in [-0.39, 0.29) is 12.4 Å². The summed E-state index contributed by atoms with van der Waals surface area (Å²) in [5.41, 5.74) is 0.893. The van der Waals surface area contributed by atoms with Gasteiger partial charge < -0.3 is 9.47 Å². The van der Waals surface area contributed by atoms with Gasteiger partial charge in [-0.1, -0.05) is 30.3 Å². The van der Waals surface area contributed by atoms with E-state index in [1.807, 2.05) is 30.3 Å². The molecule has 0 saturated carbocycles. The molecule has 0 aliphatic carbocycles. The monoisotopic (exact) mass is 234 g/mol. The number of carbonyl (C=O) groups is 2. The zero-order valence-electron chi connectivity index (χ0n) is 9.43. The predicted molar refractivity (Wildman–Crippen MR) is 60.2 cm³/mol. The average Bonchev–Trinajstić information content (AvgIpc) is 2.38. The molecule has 0 radical (unpaired) electrons. The Morgan fingerprint density at radius 1 is 1.35 bits per heavy atom. The fourth-order valence-corrected chi connectivity index (χ4v) is 1.68. The lowest BCUT2D eigenvalue weighted by molar-refractivity contribution is -0.165. The van der Waals surface area contributed by atoms with Crippen molar-refractivity contribution in [3.05, 3.63) is 35.9 Å². The number of Topliss-reactive ketones (excluding diaryl/α,β-unsaturated/α-hetero) is 1. The molecular weight excluding hydrogens is 220 g/mol. The van der Waals surface area contributed by atoms with Crippen molar-refractivity contribution < 1.29 is 19.1 Å². The summed E-state index contributed by atoms with van der Waals surface area (Å²) in [4.78, 5) is 23.0. The van der Waals surface area contributed by atoms with Gasteiger partial charge in [0.1, 0.15) is 6.61 Å². The van der Waals surface area contributed by atoms with Crippen molar-refractivity contribution in [3.8, 4) is 0 Å². The maximum absolute atomic E-state index is 11.6. The van der Waals surface area contributed by atoms with Crippen LogP contribution in [-0.2, 0) is 25.7 Å². The van der Waals surface area contributed by atoms with E-state index in [0.717, 1.165) is 5.56 Å². The molecule has 1 aliphatic heterocycles. The fourth-order valence-electron chi connectivity index (χ4n) is 1.68. The van der Waals surface area contributed by atoms with Crippen LogP contribution in [0.1, 0.15) is 18.4 Å². The number of hydrogen-bond acceptors (Lipinski definition) is 4. The van der Waals surface area contributed by atoms with Gasteiger partial charge in [-0.2, -0.15) is 0 Å². The van der Waals surface area contributed by atoms with E-state index in [2.05, 4.69) is 0 Å². The second-order valence-corrected chi connectivity index (χ2v) is 3.91. The summed E-state index contributed by atoms with van der Waals surface area (Å²) in [6, 6.07) is 9.34. The lowest BCUT2D eigenvalue weighted by Gasteiger charge is -2.19. The molecule has 4 heteroatoms. The third-order valence-electron chi connectivity index (χ3n) is 2.58. The Hall–Kier alpha value is -1.68. The number of benzene rings is 1. The molecule has 0 spiro atoms. The van der Waals surface area contributed by atoms with E-state index in [0.29, 0.717) is 19.4 Å². The summed E-state index contributed by atoms with van der Waals surface area (Å²) in [7, 11) is 0. The van der Waals surface area contributed by atoms with Crippen LogP contribution in [0.2, 0.25) is 0 Å². The fraction of sp³-hybridized carbons (Fsp3) is 0.385. The first-order chi connectivity index (χ1) is 8.27. The summed E-state index contributed by atoms with van der Waals surface area (Å²) < 4.78 is 10.2. The van der Waals surface area contributed by atoms with Crippen molar-refractivity contribution in [2.24, 2.45) is 0 Å². The van der Waals surface area contributed by atoms with Crippen molar-refractivity contribution in [1.82, 2.24) is 0 Å². The van der Waals surface area contributed by atoms with Crippen LogP contribution in [0.4, 0.5) is 0 Å². The highest BCUT2D eigenvalue weighted by molar-refractivity contribution is 6.02. The third kappa shape index (κ3) is 3.14. The Labute approximate surface area is 99.5 Å². The van der Waals surface area contributed by atoms with Gasteiger partial charge in [-0.05, 0) is 12.0 Å². The van der Waals surface area contributed by atoms with Gasteiger partial charge in [0, 0.05) is 13.0 Å². The van der Waals surface area contributed by atoms with Gasteiger partial charge in [0.15, 0.2) is 5.78 Å². The number of hydrogen-bond donors (Lipinski definition) is 0. The zero-order chi connectivity index (χ0) is 12.1. The second kappa shape index (κ2) is 5.59. The molecular formula is C13H14O4. The van der Waals surface area contributed by atoms with E-state index in [9.17, 15) is 9.59 Å². The maximum Gasteiger partial charge on any atom is 0.343 e. The topological polar surface area (TPSA) is 52.6 Å². The van der Waals surface area contributed by atoms with Gasteiger partial charge in [-0.15, -0.1) is 0 Å². The van der Waals surface area contributed by atoms with Crippen LogP contribution in [0.15, 0.2) is 30.3 Å². The van der Waals surface area contributed by atoms with E-state index in [4.69, 9.17) is 9.47 Å². The van der Waals surface area contributed by atoms with Gasteiger partial charge in [0.2, 0.25) is 6.10 Å². The first-order valence-electron chi connectivity index (χ1n) is 5.62. The first kappa shape index (κ1) is 11.8. The molecule has 90 valence electrons. The number of ether oxygens (including phenoxy) is 2. The number of rotatable bonds is 3. The highest BCUT2D eigenvalue weighted by Crippen LogP contribution is 2.11. The van der Waals surface area contributed by atoms with Gasteiger partial charge in [0.25, 0.3) is 0 Å². The molecule has 0 aromatic heterocycles. The second-order valence-electron chi connectivity index (χ2n) is 3.91. The molecule has 17 heavy (non-hydrogen) atoms. The van der Waals surface area contributed by atoms with Crippen LogP contribution < -0.4 is 0 Å². The number of carbonyl (C=O) groups excluding carboxylic acids is 2. The Balaban J connectivity index is 1.87. The zero-order valence-corrected chi connectivity index (χ0v) is 9.43. The molecule has 1 unspecified atom stereocenters. The Bertz CT molecular complexity index is 399. The minimum Gasteiger partial charge on any atom is -0.459 e. The summed E-state index contributed by atoms with van der Waals surface area (Å²) in [6.45, 7) is 0.615. The van der Waals surface area contributed by atoms with Crippen LogP contribution in [0.5, 0.6) is 0 Å². The number of ketones is 1. The smallest absolute Gasteiger partial charge is 0.343 e. The van der Waals surface area contributed by atoms with E-state index in [1.165, 1.54) is 0 Å². The highest BCUT2D eigenvalue weighted by Gasteiger charge is 2.31. The van der Waals surface area contributed by atoms with Gasteiger partial charge in [-0.3, -0.25) is 4.79 Å². The maximum atomic E-state index is 11.6. The van der Waals surface area contributed by atoms with Gasteiger partial charge in [0.05, 0.1) is 0 Å². The Morgan fingerprint density at radius 3 is 2.82 bits per heavy atom. The molecule has 1 fully saturated rings. The van der Waals surface area contributed by atoms with Crippen LogP contribution in [-0.4, -0.2) is 24.5 Å². The summed E-state index contributed by atoms with van der Waals surface area (Å²) in [5.74, 6) is -0.770. The molecule has 4 nitrogen and oxygen atoms in total. The molecule has 1 atom stereocenters. The minimum atomic E-state index is -1.02. The molecule has 1 heterocycles. The van der Waals surface area contributed by atoms with Crippen molar-refractivity contribution in [1.29, 1.82) is 0 Å². The molecule has 1 aromatic rings. The molecule has 0 N–H and O–H groups in total. The standard InChI is InChI=1S/C13H14O4/c14-11-7-4-8-16-12(11)13(15)17-9-10-5-2-1-3-6-10/h1-3,5-6,12H,4,7-9H2. The Morgan fingerprint density at radius 2 is 2.12 bits per heavy atom. The van der Waals surface area contributed by atoms with E-state index < -0.39 is 12.1 Å². The first-order valence-corrected chi connectivity index (χ1v) is 5.62. The SMILES string of the molecule is O=C1CCCOC1C(=O)OCc1ccccc1. The lowest BCUT2D eigenvalue weighted by atomic mass is 10.1. The van der Waals surface area contributed by atoms with Gasteiger partial charge in [-0.25, -0.2) is 4.79 Å². The summed E-state index contributed by atoms with van der Waals surface area (Å²) in [6.07, 6.45) is 0.0549. The molecule has 0 amide bonds. The lowest BCUT2D eigenvalue weighted by Crippen LogP contribution is -2.38. The van der Waals surface area contributed by atoms with E-state index >= 15 is 0 Å². The number of esters is 1. The molecule has 1 aromatic carbocycles. The molecule has 0 bridgehead atoms. The molecule has 1 aliphatic rings. The summed E-state index contributed by atoms with van der Waals surface area (Å²) >= 11 is 0. The van der Waals surface area contributed by atoms with Crippen LogP contribution in [0.3, 0.4) is 0 Å². The molecule has 1 saturated heterocycles. The quantitative estimate of drug-likeness (QED) is 0.587. The Kier molecular flexibility index (Phi) is 3.88. The minimum absolute atomic E-state index is 0.173. The van der Waals surface area contributed by atoms with Crippen molar-refractivity contribution >= 4 is 11.8 Å². The normalized spacial score (nSPS) is 20.0. The third-order valence-corrected chi connectivity index (χ3v) is 2.58. The summed E-state index contributed by atoms with van der Waals surface area (Å²) in [5, 5.41) is 0. The van der Waals surface area contributed by atoms with Crippen LogP contribution in [0.25, 0.3) is 0 Å². The van der Waals surface area contributed by atoms with Gasteiger partial charge >= 0.3 is 5.97 Å². The van der Waals surface area contributed by atoms with E-state index in [1.54, 1.807) is 0 Å². The van der Waals surface area contributed by atoms with Crippen LogP contribution >= 0.6 is 0 Å². The van der Waals surface area contributed by atoms with Crippen molar-refractivity contribution in [2.45, 2.75) is 25.6 Å². The predicted octanol–water partition coefficient (Wildman–Crippen LogP) is 1.48. The highest BCUT2D eigenvalue weighted by atomic mass is 16.6. The molecule has 2 rings (SSSR count). The van der Waals surface area contributed by atoms with Crippen molar-refractivity contribution in [3.63, 3.8) is 0 Å². The largest absolute Gasteiger partial charge is 0.459 e. The van der Waals surface area contributed by atoms with Crippen LogP contribution in [0, 0.1) is 0 Å². The van der Waals surface area contributed by atoms with Crippen molar-refractivity contribution in [2.75, 3.05) is 6.61 Å².